The predicted molar refractivity (Wildman–Crippen MR) is 94.5 cm³/mol. The van der Waals surface area contributed by atoms with Gasteiger partial charge < -0.3 is 0 Å². The maximum absolute atomic E-state index is 4.66. The molecule has 3 aromatic heterocycles. The van der Waals surface area contributed by atoms with Crippen molar-refractivity contribution >= 4 is 11.0 Å². The van der Waals surface area contributed by atoms with Gasteiger partial charge in [-0.1, -0.05) is 24.3 Å². The van der Waals surface area contributed by atoms with Crippen LogP contribution in [0.25, 0.3) is 33.4 Å². The summed E-state index contributed by atoms with van der Waals surface area (Å²) < 4.78 is 0. The van der Waals surface area contributed by atoms with Gasteiger partial charge in [-0.3, -0.25) is 10.1 Å². The molecule has 0 saturated heterocycles. The fourth-order valence-corrected chi connectivity index (χ4v) is 3.21. The molecule has 0 spiro atoms. The van der Waals surface area contributed by atoms with Crippen LogP contribution in [0.3, 0.4) is 0 Å². The van der Waals surface area contributed by atoms with E-state index < -0.39 is 0 Å². The molecule has 5 rings (SSSR count). The summed E-state index contributed by atoms with van der Waals surface area (Å²) in [4.78, 5) is 9.12. The highest BCUT2D eigenvalue weighted by molar-refractivity contribution is 5.86. The molecule has 0 atom stereocenters. The highest BCUT2D eigenvalue weighted by atomic mass is 15.1. The third-order valence-corrected chi connectivity index (χ3v) is 4.62. The van der Waals surface area contributed by atoms with E-state index in [-0.39, 0.29) is 0 Å². The minimum Gasteiger partial charge on any atom is -0.261 e. The van der Waals surface area contributed by atoms with Gasteiger partial charge in [-0.05, 0) is 42.5 Å². The summed E-state index contributed by atoms with van der Waals surface area (Å²) in [7, 11) is 0. The fraction of sp³-hybridized carbons (Fsp3) is 0.150. The van der Waals surface area contributed by atoms with Crippen LogP contribution in [0, 0.1) is 0 Å². The third-order valence-electron chi connectivity index (χ3n) is 4.62. The van der Waals surface area contributed by atoms with Gasteiger partial charge >= 0.3 is 0 Å². The summed E-state index contributed by atoms with van der Waals surface area (Å²) in [6, 6.07) is 15.0. The van der Waals surface area contributed by atoms with Gasteiger partial charge in [-0.25, -0.2) is 4.98 Å². The summed E-state index contributed by atoms with van der Waals surface area (Å²) in [6.45, 7) is 0. The summed E-state index contributed by atoms with van der Waals surface area (Å²) in [6.07, 6.45) is 8.15. The molecular formula is C20H16N4. The molecule has 24 heavy (non-hydrogen) atoms. The highest BCUT2D eigenvalue weighted by Crippen LogP contribution is 2.41. The van der Waals surface area contributed by atoms with Crippen molar-refractivity contribution in [3.8, 4) is 22.4 Å². The molecule has 1 aliphatic rings. The number of rotatable bonds is 3. The van der Waals surface area contributed by atoms with Gasteiger partial charge in [0.05, 0.1) is 11.9 Å². The zero-order chi connectivity index (χ0) is 15.9. The topological polar surface area (TPSA) is 54.5 Å². The minimum atomic E-state index is 0.737. The van der Waals surface area contributed by atoms with E-state index in [4.69, 9.17) is 0 Å². The Labute approximate surface area is 139 Å². The Bertz CT molecular complexity index is 1030. The molecule has 3 heterocycles. The van der Waals surface area contributed by atoms with Gasteiger partial charge in [-0.2, -0.15) is 5.10 Å². The molecule has 4 aromatic rings. The van der Waals surface area contributed by atoms with Crippen LogP contribution in [0.5, 0.6) is 0 Å². The van der Waals surface area contributed by atoms with Gasteiger partial charge in [0.1, 0.15) is 0 Å². The maximum Gasteiger partial charge on any atom is 0.155 e. The van der Waals surface area contributed by atoms with Crippen LogP contribution in [-0.4, -0.2) is 20.2 Å². The Hall–Kier alpha value is -3.01. The van der Waals surface area contributed by atoms with Gasteiger partial charge in [0.15, 0.2) is 5.65 Å². The normalized spacial score (nSPS) is 14.2. The molecule has 1 fully saturated rings. The zero-order valence-corrected chi connectivity index (χ0v) is 13.1. The Balaban J connectivity index is 1.66. The van der Waals surface area contributed by atoms with E-state index in [1.807, 2.05) is 18.5 Å². The number of nitrogens with one attached hydrogen (secondary N) is 1. The lowest BCUT2D eigenvalue weighted by Gasteiger charge is -2.10. The number of aromatic nitrogens is 4. The van der Waals surface area contributed by atoms with E-state index in [1.165, 1.54) is 24.0 Å². The van der Waals surface area contributed by atoms with E-state index in [9.17, 15) is 0 Å². The van der Waals surface area contributed by atoms with E-state index in [2.05, 4.69) is 56.6 Å². The third kappa shape index (κ3) is 2.27. The number of hydrogen-bond donors (Lipinski definition) is 1. The summed E-state index contributed by atoms with van der Waals surface area (Å²) in [5.41, 5.74) is 6.56. The molecule has 1 saturated carbocycles. The molecular weight excluding hydrogens is 296 g/mol. The molecule has 1 N–H and O–H groups in total. The van der Waals surface area contributed by atoms with Crippen molar-refractivity contribution in [3.63, 3.8) is 0 Å². The molecule has 0 amide bonds. The lowest BCUT2D eigenvalue weighted by molar-refractivity contribution is 1.10. The van der Waals surface area contributed by atoms with Crippen molar-refractivity contribution in [1.29, 1.82) is 0 Å². The first kappa shape index (κ1) is 13.4. The number of benzene rings is 1. The number of nitrogens with zero attached hydrogens (tertiary/aromatic N) is 3. The van der Waals surface area contributed by atoms with Crippen LogP contribution in [0.15, 0.2) is 61.1 Å². The van der Waals surface area contributed by atoms with Crippen LogP contribution in [0.2, 0.25) is 0 Å². The Morgan fingerprint density at radius 1 is 0.917 bits per heavy atom. The predicted octanol–water partition coefficient (Wildman–Crippen LogP) is 4.56. The largest absolute Gasteiger partial charge is 0.261 e. The van der Waals surface area contributed by atoms with Gasteiger partial charge in [-0.15, -0.1) is 0 Å². The average molecular weight is 312 g/mol. The first-order valence-corrected chi connectivity index (χ1v) is 8.23. The molecule has 0 radical (unpaired) electrons. The first-order chi connectivity index (χ1) is 11.9. The second kappa shape index (κ2) is 5.27. The van der Waals surface area contributed by atoms with Crippen LogP contribution >= 0.6 is 0 Å². The molecule has 0 bridgehead atoms. The Kier molecular flexibility index (Phi) is 2.95. The van der Waals surface area contributed by atoms with Crippen LogP contribution < -0.4 is 0 Å². The molecule has 4 heteroatoms. The molecule has 116 valence electrons. The standard InChI is InChI=1S/C20H16N4/c1-3-14(13-6-7-13)9-15(4-1)19-18(5-2-8-21-19)16-10-17-12-23-24-20(17)22-11-16/h1-5,8-13H,6-7H2,(H,22,23,24). The Morgan fingerprint density at radius 3 is 2.79 bits per heavy atom. The first-order valence-electron chi connectivity index (χ1n) is 8.23. The van der Waals surface area contributed by atoms with E-state index in [0.29, 0.717) is 0 Å². The van der Waals surface area contributed by atoms with Crippen molar-refractivity contribution in [2.24, 2.45) is 0 Å². The summed E-state index contributed by atoms with van der Waals surface area (Å²) in [5, 5.41) is 7.95. The summed E-state index contributed by atoms with van der Waals surface area (Å²) >= 11 is 0. The van der Waals surface area contributed by atoms with Crippen molar-refractivity contribution in [2.75, 3.05) is 0 Å². The van der Waals surface area contributed by atoms with E-state index in [1.54, 1.807) is 6.20 Å². The average Bonchev–Trinajstić information content (AvgIpc) is 3.39. The van der Waals surface area contributed by atoms with Gasteiger partial charge in [0, 0.05) is 34.5 Å². The second-order valence-corrected chi connectivity index (χ2v) is 6.33. The van der Waals surface area contributed by atoms with Crippen LogP contribution in [0.1, 0.15) is 24.3 Å². The van der Waals surface area contributed by atoms with Crippen molar-refractivity contribution < 1.29 is 0 Å². The minimum absolute atomic E-state index is 0.737. The smallest absolute Gasteiger partial charge is 0.155 e. The van der Waals surface area contributed by atoms with Gasteiger partial charge in [0.25, 0.3) is 0 Å². The lowest BCUT2D eigenvalue weighted by Crippen LogP contribution is -1.91. The quantitative estimate of drug-likeness (QED) is 0.603. The van der Waals surface area contributed by atoms with Gasteiger partial charge in [0.2, 0.25) is 0 Å². The SMILES string of the molecule is c1cc(-c2ncccc2-c2cnc3[nH]ncc3c2)cc(C2CC2)c1. The number of H-pyrrole nitrogens is 1. The van der Waals surface area contributed by atoms with E-state index in [0.717, 1.165) is 33.8 Å². The Morgan fingerprint density at radius 2 is 1.88 bits per heavy atom. The van der Waals surface area contributed by atoms with Crippen molar-refractivity contribution in [1.82, 2.24) is 20.2 Å². The molecule has 0 unspecified atom stereocenters. The monoisotopic (exact) mass is 312 g/mol. The number of hydrogen-bond acceptors (Lipinski definition) is 3. The molecule has 4 nitrogen and oxygen atoms in total. The lowest BCUT2D eigenvalue weighted by atomic mass is 9.98. The molecule has 1 aliphatic carbocycles. The number of fused-ring (bicyclic) bond motifs is 1. The molecule has 1 aromatic carbocycles. The van der Waals surface area contributed by atoms with Crippen LogP contribution in [0.4, 0.5) is 0 Å². The number of pyridine rings is 2. The highest BCUT2D eigenvalue weighted by Gasteiger charge is 2.23. The van der Waals surface area contributed by atoms with Crippen molar-refractivity contribution in [3.05, 3.63) is 66.6 Å². The van der Waals surface area contributed by atoms with E-state index >= 15 is 0 Å². The summed E-state index contributed by atoms with van der Waals surface area (Å²) in [5.74, 6) is 0.737. The van der Waals surface area contributed by atoms with Crippen molar-refractivity contribution in [2.45, 2.75) is 18.8 Å². The fourth-order valence-electron chi connectivity index (χ4n) is 3.21. The van der Waals surface area contributed by atoms with Crippen LogP contribution in [-0.2, 0) is 0 Å². The second-order valence-electron chi connectivity index (χ2n) is 6.33. The molecule has 0 aliphatic heterocycles. The zero-order valence-electron chi connectivity index (χ0n) is 13.1. The number of aromatic amines is 1. The maximum atomic E-state index is 4.66.